The first kappa shape index (κ1) is 14.1. The van der Waals surface area contributed by atoms with Gasteiger partial charge in [0.15, 0.2) is 11.6 Å². The molecule has 0 spiro atoms. The van der Waals surface area contributed by atoms with Gasteiger partial charge < -0.3 is 10.1 Å². The Balaban J connectivity index is 1.60. The van der Waals surface area contributed by atoms with E-state index in [4.69, 9.17) is 4.74 Å². The molecule has 2 aromatic carbocycles. The fourth-order valence-corrected chi connectivity index (χ4v) is 2.95. The number of methoxy groups -OCH3 is 1. The Hall–Kier alpha value is -1.87. The largest absolute Gasteiger partial charge is 0.494 e. The topological polar surface area (TPSA) is 21.3 Å². The van der Waals surface area contributed by atoms with Crippen LogP contribution in [0.1, 0.15) is 23.1 Å². The number of aryl methyl sites for hydroxylation is 1. The highest BCUT2D eigenvalue weighted by molar-refractivity contribution is 5.31. The first-order valence-electron chi connectivity index (χ1n) is 7.39. The van der Waals surface area contributed by atoms with Crippen LogP contribution in [0.5, 0.6) is 5.75 Å². The van der Waals surface area contributed by atoms with Gasteiger partial charge in [0.1, 0.15) is 0 Å². The van der Waals surface area contributed by atoms with Crippen molar-refractivity contribution in [3.63, 3.8) is 0 Å². The molecule has 1 unspecified atom stereocenters. The lowest BCUT2D eigenvalue weighted by Crippen LogP contribution is -2.34. The Morgan fingerprint density at radius 2 is 2.00 bits per heavy atom. The van der Waals surface area contributed by atoms with Gasteiger partial charge in [-0.3, -0.25) is 0 Å². The van der Waals surface area contributed by atoms with E-state index in [2.05, 4.69) is 29.6 Å². The van der Waals surface area contributed by atoms with E-state index in [1.165, 1.54) is 18.2 Å². The summed E-state index contributed by atoms with van der Waals surface area (Å²) in [5.41, 5.74) is 3.85. The van der Waals surface area contributed by atoms with Crippen molar-refractivity contribution in [2.75, 3.05) is 7.11 Å². The molecule has 0 heterocycles. The predicted molar refractivity (Wildman–Crippen MR) is 82.0 cm³/mol. The highest BCUT2D eigenvalue weighted by Crippen LogP contribution is 2.22. The average molecular weight is 285 g/mol. The molecule has 2 nitrogen and oxygen atoms in total. The Labute approximate surface area is 125 Å². The molecule has 0 fully saturated rings. The Kier molecular flexibility index (Phi) is 4.20. The molecule has 1 N–H and O–H groups in total. The van der Waals surface area contributed by atoms with Gasteiger partial charge in [-0.05, 0) is 48.1 Å². The zero-order valence-corrected chi connectivity index (χ0v) is 12.2. The molecule has 1 atom stereocenters. The predicted octanol–water partition coefficient (Wildman–Crippen LogP) is 3.48. The molecular formula is C18H20FNO. The summed E-state index contributed by atoms with van der Waals surface area (Å²) in [4.78, 5) is 0. The molecule has 0 amide bonds. The molecule has 3 rings (SSSR count). The lowest BCUT2D eigenvalue weighted by Gasteiger charge is -2.25. The second-order valence-electron chi connectivity index (χ2n) is 5.56. The van der Waals surface area contributed by atoms with Crippen LogP contribution in [0.4, 0.5) is 4.39 Å². The molecule has 0 bridgehead atoms. The van der Waals surface area contributed by atoms with Crippen LogP contribution >= 0.6 is 0 Å². The van der Waals surface area contributed by atoms with Gasteiger partial charge in [-0.25, -0.2) is 4.39 Å². The minimum atomic E-state index is -0.300. The van der Waals surface area contributed by atoms with Crippen LogP contribution in [0, 0.1) is 5.82 Å². The van der Waals surface area contributed by atoms with Crippen molar-refractivity contribution in [2.24, 2.45) is 0 Å². The van der Waals surface area contributed by atoms with E-state index in [1.807, 2.05) is 6.07 Å². The molecule has 1 aliphatic carbocycles. The van der Waals surface area contributed by atoms with E-state index in [9.17, 15) is 4.39 Å². The number of hydrogen-bond acceptors (Lipinski definition) is 2. The summed E-state index contributed by atoms with van der Waals surface area (Å²) in [5.74, 6) is -0.00358. The third-order valence-corrected chi connectivity index (χ3v) is 4.16. The molecule has 0 radical (unpaired) electrons. The molecule has 3 heteroatoms. The molecule has 0 aliphatic heterocycles. The number of hydrogen-bond donors (Lipinski definition) is 1. The second kappa shape index (κ2) is 6.27. The highest BCUT2D eigenvalue weighted by Gasteiger charge is 2.17. The summed E-state index contributed by atoms with van der Waals surface area (Å²) in [6.45, 7) is 0.688. The van der Waals surface area contributed by atoms with Crippen molar-refractivity contribution in [1.82, 2.24) is 5.32 Å². The number of fused-ring (bicyclic) bond motifs is 1. The Morgan fingerprint density at radius 3 is 2.76 bits per heavy atom. The van der Waals surface area contributed by atoms with Crippen LogP contribution in [0.3, 0.4) is 0 Å². The molecule has 0 saturated carbocycles. The molecule has 0 saturated heterocycles. The zero-order valence-electron chi connectivity index (χ0n) is 12.2. The van der Waals surface area contributed by atoms with E-state index >= 15 is 0 Å². The smallest absolute Gasteiger partial charge is 0.165 e. The molecule has 0 aromatic heterocycles. The summed E-state index contributed by atoms with van der Waals surface area (Å²) in [6.07, 6.45) is 3.30. The molecule has 110 valence electrons. The number of benzene rings is 2. The van der Waals surface area contributed by atoms with E-state index in [0.717, 1.165) is 24.8 Å². The van der Waals surface area contributed by atoms with Gasteiger partial charge >= 0.3 is 0 Å². The van der Waals surface area contributed by atoms with Crippen LogP contribution in [-0.4, -0.2) is 13.2 Å². The van der Waals surface area contributed by atoms with Gasteiger partial charge in [0, 0.05) is 12.6 Å². The highest BCUT2D eigenvalue weighted by atomic mass is 19.1. The lowest BCUT2D eigenvalue weighted by molar-refractivity contribution is 0.385. The van der Waals surface area contributed by atoms with Crippen molar-refractivity contribution in [3.05, 3.63) is 65.0 Å². The van der Waals surface area contributed by atoms with Crippen LogP contribution in [0.25, 0.3) is 0 Å². The third-order valence-electron chi connectivity index (χ3n) is 4.16. The van der Waals surface area contributed by atoms with Crippen molar-refractivity contribution in [3.8, 4) is 5.75 Å². The fraction of sp³-hybridized carbons (Fsp3) is 0.333. The number of ether oxygens (including phenoxy) is 1. The second-order valence-corrected chi connectivity index (χ2v) is 5.56. The van der Waals surface area contributed by atoms with Crippen molar-refractivity contribution < 1.29 is 9.13 Å². The van der Waals surface area contributed by atoms with Gasteiger partial charge in [0.2, 0.25) is 0 Å². The summed E-state index contributed by atoms with van der Waals surface area (Å²) in [7, 11) is 1.48. The average Bonchev–Trinajstić information content (AvgIpc) is 2.53. The zero-order chi connectivity index (χ0) is 14.7. The van der Waals surface area contributed by atoms with Crippen LogP contribution < -0.4 is 10.1 Å². The van der Waals surface area contributed by atoms with Gasteiger partial charge in [-0.15, -0.1) is 0 Å². The number of rotatable bonds is 4. The molecule has 1 aliphatic rings. The maximum Gasteiger partial charge on any atom is 0.165 e. The van der Waals surface area contributed by atoms with Gasteiger partial charge in [0.05, 0.1) is 7.11 Å². The Bertz CT molecular complexity index is 626. The minimum Gasteiger partial charge on any atom is -0.494 e. The summed E-state index contributed by atoms with van der Waals surface area (Å²) >= 11 is 0. The number of halogens is 1. The normalized spacial score (nSPS) is 17.3. The molecule has 2 aromatic rings. The van der Waals surface area contributed by atoms with Crippen LogP contribution in [-0.2, 0) is 19.4 Å². The van der Waals surface area contributed by atoms with Crippen molar-refractivity contribution in [1.29, 1.82) is 0 Å². The number of nitrogens with one attached hydrogen (secondary N) is 1. The van der Waals surface area contributed by atoms with Crippen LogP contribution in [0.2, 0.25) is 0 Å². The summed E-state index contributed by atoms with van der Waals surface area (Å²) < 4.78 is 18.6. The third kappa shape index (κ3) is 3.24. The van der Waals surface area contributed by atoms with E-state index in [0.29, 0.717) is 18.3 Å². The summed E-state index contributed by atoms with van der Waals surface area (Å²) in [5, 5.41) is 3.54. The van der Waals surface area contributed by atoms with Crippen LogP contribution in [0.15, 0.2) is 42.5 Å². The molecule has 21 heavy (non-hydrogen) atoms. The van der Waals surface area contributed by atoms with Gasteiger partial charge in [-0.2, -0.15) is 0 Å². The molecular weight excluding hydrogens is 265 g/mol. The standard InChI is InChI=1S/C18H20FNO/c1-21-18-9-6-13(10-17(18)19)12-20-16-8-7-14-4-2-3-5-15(14)11-16/h2-6,9-10,16,20H,7-8,11-12H2,1H3. The van der Waals surface area contributed by atoms with Crippen molar-refractivity contribution in [2.45, 2.75) is 31.8 Å². The maximum atomic E-state index is 13.7. The monoisotopic (exact) mass is 285 g/mol. The van der Waals surface area contributed by atoms with E-state index in [1.54, 1.807) is 12.1 Å². The first-order chi connectivity index (χ1) is 10.3. The minimum absolute atomic E-state index is 0.297. The first-order valence-corrected chi connectivity index (χ1v) is 7.39. The fourth-order valence-electron chi connectivity index (χ4n) is 2.95. The Morgan fingerprint density at radius 1 is 1.19 bits per heavy atom. The quantitative estimate of drug-likeness (QED) is 0.928. The SMILES string of the molecule is COc1ccc(CNC2CCc3ccccc3C2)cc1F. The maximum absolute atomic E-state index is 13.7. The van der Waals surface area contributed by atoms with Gasteiger partial charge in [0.25, 0.3) is 0 Å². The van der Waals surface area contributed by atoms with E-state index < -0.39 is 0 Å². The lowest BCUT2D eigenvalue weighted by atomic mass is 9.88. The van der Waals surface area contributed by atoms with Crippen molar-refractivity contribution >= 4 is 0 Å². The van der Waals surface area contributed by atoms with E-state index in [-0.39, 0.29) is 5.82 Å². The van der Waals surface area contributed by atoms with Gasteiger partial charge in [-0.1, -0.05) is 30.3 Å². The summed E-state index contributed by atoms with van der Waals surface area (Å²) in [6, 6.07) is 14.2.